The average Bonchev–Trinajstić information content (AvgIpc) is 3.24. The molecule has 7 nitrogen and oxygen atoms in total. The third-order valence-corrected chi connectivity index (χ3v) is 6.71. The van der Waals surface area contributed by atoms with E-state index in [2.05, 4.69) is 39.7 Å². The van der Waals surface area contributed by atoms with Crippen LogP contribution in [0.5, 0.6) is 5.75 Å². The molecule has 0 aliphatic carbocycles. The number of fused-ring (bicyclic) bond motifs is 1. The molecule has 0 atom stereocenters. The Morgan fingerprint density at radius 3 is 2.56 bits per heavy atom. The van der Waals surface area contributed by atoms with Crippen LogP contribution < -0.4 is 20.7 Å². The molecule has 3 aromatic rings. The Hall–Kier alpha value is -3.91. The van der Waals surface area contributed by atoms with Gasteiger partial charge in [0.1, 0.15) is 18.1 Å². The number of carbonyl (C=O) groups excluding carboxylic acids is 1. The number of likely N-dealkylation sites (tertiary alicyclic amines) is 1. The van der Waals surface area contributed by atoms with Crippen molar-refractivity contribution in [2.75, 3.05) is 51.5 Å². The van der Waals surface area contributed by atoms with Gasteiger partial charge in [-0.25, -0.2) is 4.39 Å². The molecule has 3 N–H and O–H groups in total. The lowest BCUT2D eigenvalue weighted by Gasteiger charge is -2.30. The first-order valence-electron chi connectivity index (χ1n) is 12.6. The highest BCUT2D eigenvalue weighted by Gasteiger charge is 2.30. The molecule has 11 heteroatoms. The van der Waals surface area contributed by atoms with Crippen molar-refractivity contribution in [3.05, 3.63) is 53.5 Å². The minimum absolute atomic E-state index is 0.00334. The van der Waals surface area contributed by atoms with E-state index in [1.807, 2.05) is 6.07 Å². The first-order chi connectivity index (χ1) is 18.6. The van der Waals surface area contributed by atoms with Crippen LogP contribution in [-0.4, -0.2) is 68.4 Å². The predicted molar refractivity (Wildman–Crippen MR) is 144 cm³/mol. The summed E-state index contributed by atoms with van der Waals surface area (Å²) in [5.74, 6) is 4.55. The van der Waals surface area contributed by atoms with Crippen molar-refractivity contribution < 1.29 is 27.1 Å². The molecular weight excluding hydrogens is 514 g/mol. The number of piperidine rings is 1. The van der Waals surface area contributed by atoms with Gasteiger partial charge in [0.2, 0.25) is 0 Å². The minimum atomic E-state index is -4.44. The van der Waals surface area contributed by atoms with Crippen molar-refractivity contribution >= 4 is 28.2 Å². The zero-order chi connectivity index (χ0) is 28.2. The Morgan fingerprint density at radius 2 is 1.90 bits per heavy atom. The molecule has 2 heterocycles. The number of hydrogen-bond donors (Lipinski definition) is 3. The summed E-state index contributed by atoms with van der Waals surface area (Å²) in [6.07, 6.45) is -2.54. The van der Waals surface area contributed by atoms with Crippen LogP contribution in [0.25, 0.3) is 10.9 Å². The monoisotopic (exact) mass is 545 g/mol. The summed E-state index contributed by atoms with van der Waals surface area (Å²) in [6.45, 7) is 0.736. The van der Waals surface area contributed by atoms with Gasteiger partial charge in [0.05, 0.1) is 36.1 Å². The van der Waals surface area contributed by atoms with Crippen LogP contribution in [0, 0.1) is 17.7 Å². The van der Waals surface area contributed by atoms with Gasteiger partial charge in [0.25, 0.3) is 5.91 Å². The van der Waals surface area contributed by atoms with Gasteiger partial charge in [-0.3, -0.25) is 4.79 Å². The van der Waals surface area contributed by atoms with Crippen LogP contribution in [0.4, 0.5) is 28.9 Å². The highest BCUT2D eigenvalue weighted by atomic mass is 19.4. The maximum atomic E-state index is 14.4. The Kier molecular flexibility index (Phi) is 8.55. The summed E-state index contributed by atoms with van der Waals surface area (Å²) in [7, 11) is 4.84. The van der Waals surface area contributed by atoms with Gasteiger partial charge < -0.3 is 30.2 Å². The van der Waals surface area contributed by atoms with E-state index in [0.29, 0.717) is 10.9 Å². The molecule has 0 radical (unpaired) electrons. The van der Waals surface area contributed by atoms with E-state index < -0.39 is 24.4 Å². The number of halogens is 4. The summed E-state index contributed by atoms with van der Waals surface area (Å²) in [6, 6.07) is 9.57. The molecule has 0 saturated carbocycles. The van der Waals surface area contributed by atoms with Gasteiger partial charge in [-0.05, 0) is 63.2 Å². The van der Waals surface area contributed by atoms with Crippen LogP contribution in [0.3, 0.4) is 0 Å². The lowest BCUT2D eigenvalue weighted by Crippen LogP contribution is -2.36. The quantitative estimate of drug-likeness (QED) is 0.297. The average molecular weight is 546 g/mol. The van der Waals surface area contributed by atoms with Crippen molar-refractivity contribution in [1.82, 2.24) is 14.8 Å². The first kappa shape index (κ1) is 28.1. The van der Waals surface area contributed by atoms with Crippen molar-refractivity contribution in [2.24, 2.45) is 0 Å². The van der Waals surface area contributed by atoms with Crippen molar-refractivity contribution in [3.8, 4) is 17.6 Å². The molecule has 1 amide bonds. The minimum Gasteiger partial charge on any atom is -0.495 e. The normalized spacial score (nSPS) is 14.5. The van der Waals surface area contributed by atoms with Gasteiger partial charge in [0.15, 0.2) is 0 Å². The second-order valence-corrected chi connectivity index (χ2v) is 9.46. The summed E-state index contributed by atoms with van der Waals surface area (Å²) in [5, 5.41) is 9.45. The Balaban J connectivity index is 1.59. The largest absolute Gasteiger partial charge is 0.495 e. The molecule has 0 unspecified atom stereocenters. The van der Waals surface area contributed by atoms with E-state index >= 15 is 0 Å². The summed E-state index contributed by atoms with van der Waals surface area (Å²) < 4.78 is 61.3. The number of rotatable bonds is 7. The third kappa shape index (κ3) is 6.75. The van der Waals surface area contributed by atoms with E-state index in [1.165, 1.54) is 24.8 Å². The van der Waals surface area contributed by atoms with Crippen LogP contribution >= 0.6 is 0 Å². The third-order valence-electron chi connectivity index (χ3n) is 6.71. The van der Waals surface area contributed by atoms with Gasteiger partial charge in [-0.15, -0.1) is 0 Å². The first-order valence-corrected chi connectivity index (χ1v) is 12.6. The SMILES string of the molecule is CNC(=O)c1cc(OC)c(NCC#Cc2cc3c(NC4CCN(C)CC4)cccc3n2CC(F)(F)F)cc1F. The maximum Gasteiger partial charge on any atom is 0.406 e. The molecule has 208 valence electrons. The molecule has 1 aliphatic rings. The van der Waals surface area contributed by atoms with Crippen LogP contribution in [0.1, 0.15) is 28.9 Å². The fourth-order valence-electron chi connectivity index (χ4n) is 4.68. The van der Waals surface area contributed by atoms with E-state index in [-0.39, 0.29) is 35.3 Å². The van der Waals surface area contributed by atoms with E-state index in [9.17, 15) is 22.4 Å². The predicted octanol–water partition coefficient (Wildman–Crippen LogP) is 4.68. The van der Waals surface area contributed by atoms with E-state index in [1.54, 1.807) is 18.2 Å². The summed E-state index contributed by atoms with van der Waals surface area (Å²) >= 11 is 0. The Labute approximate surface area is 224 Å². The Bertz CT molecular complexity index is 1400. The van der Waals surface area contributed by atoms with Gasteiger partial charge in [-0.1, -0.05) is 12.0 Å². The highest BCUT2D eigenvalue weighted by Crippen LogP contribution is 2.31. The number of ether oxygens (including phenoxy) is 1. The molecule has 4 rings (SSSR count). The standard InChI is InChI=1S/C28H31F4N5O2/c1-33-27(38)20-15-26(39-3)24(16-22(20)29)34-11-5-6-19-14-21-23(35-18-9-12-36(2)13-10-18)7-4-8-25(21)37(19)17-28(30,31)32/h4,7-8,14-16,18,34-35H,9-13,17H2,1-3H3,(H,33,38). The van der Waals surface area contributed by atoms with Gasteiger partial charge in [0, 0.05) is 30.2 Å². The molecule has 1 fully saturated rings. The number of nitrogens with zero attached hydrogens (tertiary/aromatic N) is 2. The molecule has 39 heavy (non-hydrogen) atoms. The van der Waals surface area contributed by atoms with Crippen molar-refractivity contribution in [1.29, 1.82) is 0 Å². The number of hydrogen-bond acceptors (Lipinski definition) is 5. The van der Waals surface area contributed by atoms with E-state index in [4.69, 9.17) is 4.74 Å². The number of benzene rings is 2. The zero-order valence-corrected chi connectivity index (χ0v) is 22.0. The molecule has 2 aromatic carbocycles. The number of alkyl halides is 3. The second kappa shape index (κ2) is 11.9. The molecule has 0 bridgehead atoms. The van der Waals surface area contributed by atoms with E-state index in [0.717, 1.165) is 37.7 Å². The topological polar surface area (TPSA) is 70.6 Å². The van der Waals surface area contributed by atoms with Crippen LogP contribution in [0.15, 0.2) is 36.4 Å². The van der Waals surface area contributed by atoms with Crippen molar-refractivity contribution in [3.63, 3.8) is 0 Å². The number of methoxy groups -OCH3 is 1. The highest BCUT2D eigenvalue weighted by molar-refractivity contribution is 5.95. The number of carbonyl (C=O) groups is 1. The molecule has 0 spiro atoms. The lowest BCUT2D eigenvalue weighted by atomic mass is 10.0. The van der Waals surface area contributed by atoms with Crippen LogP contribution in [-0.2, 0) is 6.54 Å². The summed E-state index contributed by atoms with van der Waals surface area (Å²) in [5.41, 5.74) is 1.52. The zero-order valence-electron chi connectivity index (χ0n) is 22.0. The fourth-order valence-corrected chi connectivity index (χ4v) is 4.68. The second-order valence-electron chi connectivity index (χ2n) is 9.46. The number of nitrogens with one attached hydrogen (secondary N) is 3. The lowest BCUT2D eigenvalue weighted by molar-refractivity contribution is -0.140. The fraction of sp³-hybridized carbons (Fsp3) is 0.393. The number of aromatic nitrogens is 1. The summed E-state index contributed by atoms with van der Waals surface area (Å²) in [4.78, 5) is 14.1. The molecular formula is C28H31F4N5O2. The maximum absolute atomic E-state index is 14.4. The molecule has 1 saturated heterocycles. The van der Waals surface area contributed by atoms with Crippen molar-refractivity contribution in [2.45, 2.75) is 31.6 Å². The molecule has 1 aliphatic heterocycles. The molecule has 1 aromatic heterocycles. The Morgan fingerprint density at radius 1 is 1.15 bits per heavy atom. The number of anilines is 2. The van der Waals surface area contributed by atoms with Crippen LogP contribution in [0.2, 0.25) is 0 Å². The number of amides is 1. The van der Waals surface area contributed by atoms with Gasteiger partial charge in [-0.2, -0.15) is 13.2 Å². The van der Waals surface area contributed by atoms with Gasteiger partial charge >= 0.3 is 6.18 Å². The smallest absolute Gasteiger partial charge is 0.406 e.